The average molecular weight is 274 g/mol. The molecule has 3 rings (SSSR count). The van der Waals surface area contributed by atoms with E-state index in [1.807, 2.05) is 7.05 Å². The fraction of sp³-hybridized carbons (Fsp3) is 0.500. The zero-order valence-electron chi connectivity index (χ0n) is 11.9. The zero-order valence-corrected chi connectivity index (χ0v) is 11.9. The van der Waals surface area contributed by atoms with E-state index >= 15 is 0 Å². The zero-order chi connectivity index (χ0) is 14.3. The van der Waals surface area contributed by atoms with Gasteiger partial charge in [-0.1, -0.05) is 13.3 Å². The van der Waals surface area contributed by atoms with Crippen LogP contribution >= 0.6 is 0 Å². The second-order valence-electron chi connectivity index (χ2n) is 5.32. The van der Waals surface area contributed by atoms with Crippen molar-refractivity contribution in [2.45, 2.75) is 32.7 Å². The van der Waals surface area contributed by atoms with Crippen LogP contribution in [0.25, 0.3) is 11.5 Å². The van der Waals surface area contributed by atoms with Crippen molar-refractivity contribution < 1.29 is 9.21 Å². The Labute approximate surface area is 117 Å². The first-order chi connectivity index (χ1) is 9.58. The molecule has 2 heterocycles. The summed E-state index contributed by atoms with van der Waals surface area (Å²) in [5.74, 6) is 1.17. The standard InChI is InChI=1S/C14H18N4O2/c1-4-9-5-11(9)17-13(19)12-8(2)16-14(20-12)10-6-15-18(3)7-10/h6-7,9,11H,4-5H2,1-3H3,(H,17,19)/t9-,11-/m1/s1. The van der Waals surface area contributed by atoms with Gasteiger partial charge in [0.15, 0.2) is 0 Å². The van der Waals surface area contributed by atoms with E-state index < -0.39 is 0 Å². The molecule has 1 fully saturated rings. The van der Waals surface area contributed by atoms with E-state index in [0.717, 1.165) is 18.4 Å². The van der Waals surface area contributed by atoms with E-state index in [2.05, 4.69) is 22.3 Å². The van der Waals surface area contributed by atoms with Crippen LogP contribution in [0.4, 0.5) is 0 Å². The van der Waals surface area contributed by atoms with Gasteiger partial charge in [-0.25, -0.2) is 4.98 Å². The molecule has 0 spiro atoms. The van der Waals surface area contributed by atoms with Crippen molar-refractivity contribution in [2.24, 2.45) is 13.0 Å². The number of nitrogens with one attached hydrogen (secondary N) is 1. The third-order valence-electron chi connectivity index (χ3n) is 3.72. The van der Waals surface area contributed by atoms with Crippen molar-refractivity contribution >= 4 is 5.91 Å². The predicted molar refractivity (Wildman–Crippen MR) is 73.1 cm³/mol. The van der Waals surface area contributed by atoms with Crippen molar-refractivity contribution in [3.8, 4) is 11.5 Å². The molecule has 0 bridgehead atoms. The molecule has 1 saturated carbocycles. The van der Waals surface area contributed by atoms with Crippen LogP contribution in [0.1, 0.15) is 36.0 Å². The minimum absolute atomic E-state index is 0.175. The van der Waals surface area contributed by atoms with E-state index in [0.29, 0.717) is 29.3 Å². The van der Waals surface area contributed by atoms with Gasteiger partial charge in [-0.15, -0.1) is 0 Å². The quantitative estimate of drug-likeness (QED) is 0.924. The van der Waals surface area contributed by atoms with Gasteiger partial charge in [0.1, 0.15) is 0 Å². The number of hydrogen-bond donors (Lipinski definition) is 1. The first-order valence-electron chi connectivity index (χ1n) is 6.85. The van der Waals surface area contributed by atoms with Crippen molar-refractivity contribution in [1.29, 1.82) is 0 Å². The molecule has 0 aromatic carbocycles. The Hall–Kier alpha value is -2.11. The third kappa shape index (κ3) is 2.33. The maximum atomic E-state index is 12.2. The van der Waals surface area contributed by atoms with E-state index in [-0.39, 0.29) is 5.91 Å². The van der Waals surface area contributed by atoms with E-state index in [4.69, 9.17) is 4.42 Å². The van der Waals surface area contributed by atoms with Crippen molar-refractivity contribution in [1.82, 2.24) is 20.1 Å². The maximum absolute atomic E-state index is 12.2. The van der Waals surface area contributed by atoms with E-state index in [1.54, 1.807) is 24.0 Å². The number of carbonyl (C=O) groups is 1. The number of aromatic nitrogens is 3. The average Bonchev–Trinajstić information content (AvgIpc) is 2.81. The molecule has 1 aliphatic rings. The maximum Gasteiger partial charge on any atom is 0.289 e. The lowest BCUT2D eigenvalue weighted by Crippen LogP contribution is -2.26. The Kier molecular flexibility index (Phi) is 3.08. The molecule has 1 aliphatic carbocycles. The predicted octanol–water partition coefficient (Wildman–Crippen LogP) is 1.91. The Bertz CT molecular complexity index is 643. The number of rotatable bonds is 4. The number of hydrogen-bond acceptors (Lipinski definition) is 4. The van der Waals surface area contributed by atoms with Gasteiger partial charge in [-0.05, 0) is 19.3 Å². The normalized spacial score (nSPS) is 20.9. The lowest BCUT2D eigenvalue weighted by molar-refractivity contribution is 0.0921. The highest BCUT2D eigenvalue weighted by molar-refractivity contribution is 5.93. The van der Waals surface area contributed by atoms with Gasteiger partial charge >= 0.3 is 0 Å². The van der Waals surface area contributed by atoms with Crippen LogP contribution in [0, 0.1) is 12.8 Å². The monoisotopic (exact) mass is 274 g/mol. The summed E-state index contributed by atoms with van der Waals surface area (Å²) in [4.78, 5) is 16.5. The van der Waals surface area contributed by atoms with Gasteiger partial charge in [-0.3, -0.25) is 9.48 Å². The molecule has 0 saturated heterocycles. The highest BCUT2D eigenvalue weighted by Crippen LogP contribution is 2.33. The minimum atomic E-state index is -0.175. The Morgan fingerprint density at radius 1 is 1.60 bits per heavy atom. The molecule has 0 unspecified atom stereocenters. The van der Waals surface area contributed by atoms with Crippen molar-refractivity contribution in [3.05, 3.63) is 23.8 Å². The highest BCUT2D eigenvalue weighted by Gasteiger charge is 2.37. The van der Waals surface area contributed by atoms with Gasteiger partial charge in [0, 0.05) is 19.3 Å². The Morgan fingerprint density at radius 2 is 2.40 bits per heavy atom. The van der Waals surface area contributed by atoms with Crippen LogP contribution in [0.5, 0.6) is 0 Å². The molecule has 6 heteroatoms. The first kappa shape index (κ1) is 12.9. The topological polar surface area (TPSA) is 73.0 Å². The van der Waals surface area contributed by atoms with Gasteiger partial charge in [0.25, 0.3) is 5.91 Å². The summed E-state index contributed by atoms with van der Waals surface area (Å²) in [5, 5.41) is 7.06. The molecule has 2 aromatic heterocycles. The van der Waals surface area contributed by atoms with Gasteiger partial charge in [-0.2, -0.15) is 5.10 Å². The molecule has 2 atom stereocenters. The molecule has 6 nitrogen and oxygen atoms in total. The molecule has 1 N–H and O–H groups in total. The summed E-state index contributed by atoms with van der Waals surface area (Å²) < 4.78 is 7.27. The van der Waals surface area contributed by atoms with E-state index in [1.165, 1.54) is 0 Å². The molecule has 1 amide bonds. The van der Waals surface area contributed by atoms with Crippen molar-refractivity contribution in [2.75, 3.05) is 0 Å². The molecular formula is C14H18N4O2. The SMILES string of the molecule is CC[C@@H]1C[C@H]1NC(=O)c1oc(-c2cnn(C)c2)nc1C. The smallest absolute Gasteiger partial charge is 0.289 e. The van der Waals surface area contributed by atoms with Gasteiger partial charge < -0.3 is 9.73 Å². The lowest BCUT2D eigenvalue weighted by atomic mass is 10.3. The summed E-state index contributed by atoms with van der Waals surface area (Å²) in [7, 11) is 1.82. The summed E-state index contributed by atoms with van der Waals surface area (Å²) in [6.45, 7) is 3.92. The van der Waals surface area contributed by atoms with E-state index in [9.17, 15) is 4.79 Å². The fourth-order valence-corrected chi connectivity index (χ4v) is 2.37. The van der Waals surface area contributed by atoms with Crippen LogP contribution in [0.2, 0.25) is 0 Å². The molecule has 0 radical (unpaired) electrons. The number of nitrogens with zero attached hydrogens (tertiary/aromatic N) is 3. The second kappa shape index (κ2) is 4.77. The summed E-state index contributed by atoms with van der Waals surface area (Å²) >= 11 is 0. The fourth-order valence-electron chi connectivity index (χ4n) is 2.37. The number of carbonyl (C=O) groups excluding carboxylic acids is 1. The van der Waals surface area contributed by atoms with Crippen LogP contribution in [-0.2, 0) is 7.05 Å². The number of amides is 1. The van der Waals surface area contributed by atoms with Gasteiger partial charge in [0.05, 0.1) is 17.5 Å². The van der Waals surface area contributed by atoms with Crippen LogP contribution in [0.3, 0.4) is 0 Å². The largest absolute Gasteiger partial charge is 0.431 e. The third-order valence-corrected chi connectivity index (χ3v) is 3.72. The summed E-state index contributed by atoms with van der Waals surface area (Å²) in [5.41, 5.74) is 1.38. The number of aryl methyl sites for hydroxylation is 2. The molecular weight excluding hydrogens is 256 g/mol. The van der Waals surface area contributed by atoms with Crippen LogP contribution in [-0.4, -0.2) is 26.7 Å². The summed E-state index contributed by atoms with van der Waals surface area (Å²) in [6, 6.07) is 0.291. The Morgan fingerprint density at radius 3 is 3.00 bits per heavy atom. The molecule has 2 aromatic rings. The lowest BCUT2D eigenvalue weighted by Gasteiger charge is -2.01. The second-order valence-corrected chi connectivity index (χ2v) is 5.32. The first-order valence-corrected chi connectivity index (χ1v) is 6.85. The van der Waals surface area contributed by atoms with Crippen molar-refractivity contribution in [3.63, 3.8) is 0 Å². The molecule has 106 valence electrons. The van der Waals surface area contributed by atoms with Crippen LogP contribution < -0.4 is 5.32 Å². The Balaban J connectivity index is 1.77. The highest BCUT2D eigenvalue weighted by atomic mass is 16.4. The van der Waals surface area contributed by atoms with Crippen LogP contribution in [0.15, 0.2) is 16.8 Å². The number of oxazole rings is 1. The summed E-state index contributed by atoms with van der Waals surface area (Å²) in [6.07, 6.45) is 5.63. The molecule has 20 heavy (non-hydrogen) atoms. The molecule has 0 aliphatic heterocycles. The van der Waals surface area contributed by atoms with Gasteiger partial charge in [0.2, 0.25) is 11.7 Å². The minimum Gasteiger partial charge on any atom is -0.431 e.